The molecule has 0 radical (unpaired) electrons. The summed E-state index contributed by atoms with van der Waals surface area (Å²) in [6, 6.07) is 0. The van der Waals surface area contributed by atoms with E-state index in [1.165, 1.54) is 10.5 Å². The lowest BCUT2D eigenvalue weighted by molar-refractivity contribution is 0.431. The summed E-state index contributed by atoms with van der Waals surface area (Å²) in [5.41, 5.74) is 0.683. The first kappa shape index (κ1) is 12.5. The van der Waals surface area contributed by atoms with Crippen molar-refractivity contribution in [3.8, 4) is 0 Å². The van der Waals surface area contributed by atoms with Crippen LogP contribution in [-0.2, 0) is 17.1 Å². The van der Waals surface area contributed by atoms with E-state index in [4.69, 9.17) is 0 Å². The Labute approximate surface area is 102 Å². The molecule has 1 N–H and O–H groups in total. The van der Waals surface area contributed by atoms with Crippen LogP contribution in [-0.4, -0.2) is 48.7 Å². The van der Waals surface area contributed by atoms with Crippen LogP contribution in [0.1, 0.15) is 12.1 Å². The molecule has 0 amide bonds. The number of rotatable bonds is 2. The highest BCUT2D eigenvalue weighted by molar-refractivity contribution is 7.89. The van der Waals surface area contributed by atoms with Crippen molar-refractivity contribution in [3.05, 3.63) is 11.9 Å². The molecule has 0 spiro atoms. The van der Waals surface area contributed by atoms with Crippen LogP contribution in [0.15, 0.2) is 11.1 Å². The third-order valence-corrected chi connectivity index (χ3v) is 5.11. The third-order valence-electron chi connectivity index (χ3n) is 3.11. The highest BCUT2D eigenvalue weighted by Crippen LogP contribution is 2.19. The highest BCUT2D eigenvalue weighted by Gasteiger charge is 2.28. The van der Waals surface area contributed by atoms with E-state index in [0.29, 0.717) is 30.2 Å². The average molecular weight is 258 g/mol. The minimum atomic E-state index is -3.39. The van der Waals surface area contributed by atoms with Gasteiger partial charge in [-0.3, -0.25) is 4.68 Å². The van der Waals surface area contributed by atoms with Crippen molar-refractivity contribution in [2.45, 2.75) is 18.2 Å². The summed E-state index contributed by atoms with van der Waals surface area (Å²) in [6.07, 6.45) is 2.28. The zero-order valence-electron chi connectivity index (χ0n) is 10.2. The fourth-order valence-electron chi connectivity index (χ4n) is 1.93. The van der Waals surface area contributed by atoms with Crippen molar-refractivity contribution >= 4 is 10.0 Å². The number of nitrogens with one attached hydrogen (secondary N) is 1. The fourth-order valence-corrected chi connectivity index (χ4v) is 3.60. The van der Waals surface area contributed by atoms with Gasteiger partial charge in [0, 0.05) is 26.7 Å². The van der Waals surface area contributed by atoms with Crippen LogP contribution in [0.5, 0.6) is 0 Å². The molecule has 1 aliphatic rings. The highest BCUT2D eigenvalue weighted by atomic mass is 32.2. The Morgan fingerprint density at radius 1 is 1.35 bits per heavy atom. The van der Waals surface area contributed by atoms with Gasteiger partial charge in [0.25, 0.3) is 0 Å². The van der Waals surface area contributed by atoms with Crippen LogP contribution >= 0.6 is 0 Å². The van der Waals surface area contributed by atoms with Gasteiger partial charge in [-0.1, -0.05) is 0 Å². The van der Waals surface area contributed by atoms with Gasteiger partial charge in [-0.2, -0.15) is 9.40 Å². The Balaban J connectivity index is 2.32. The zero-order chi connectivity index (χ0) is 12.5. The topological polar surface area (TPSA) is 67.2 Å². The maximum absolute atomic E-state index is 12.4. The van der Waals surface area contributed by atoms with Gasteiger partial charge in [0.15, 0.2) is 0 Å². The maximum atomic E-state index is 12.4. The first-order chi connectivity index (χ1) is 8.03. The quantitative estimate of drug-likeness (QED) is 0.792. The minimum Gasteiger partial charge on any atom is -0.315 e. The molecular weight excluding hydrogens is 240 g/mol. The average Bonchev–Trinajstić information content (AvgIpc) is 2.55. The number of hydrogen-bond acceptors (Lipinski definition) is 4. The van der Waals surface area contributed by atoms with Gasteiger partial charge in [0.1, 0.15) is 4.90 Å². The summed E-state index contributed by atoms with van der Waals surface area (Å²) in [6.45, 7) is 4.45. The number of hydrogen-bond donors (Lipinski definition) is 1. The lowest BCUT2D eigenvalue weighted by Gasteiger charge is -2.19. The van der Waals surface area contributed by atoms with Crippen LogP contribution in [0, 0.1) is 6.92 Å². The number of aryl methyl sites for hydroxylation is 1. The molecule has 1 fully saturated rings. The molecule has 0 aromatic carbocycles. The molecular formula is C10H18N4O2S. The molecule has 7 heteroatoms. The van der Waals surface area contributed by atoms with E-state index in [-0.39, 0.29) is 0 Å². The molecule has 2 rings (SSSR count). The molecule has 17 heavy (non-hydrogen) atoms. The minimum absolute atomic E-state index is 0.321. The Morgan fingerprint density at radius 3 is 2.76 bits per heavy atom. The largest absolute Gasteiger partial charge is 0.315 e. The van der Waals surface area contributed by atoms with Gasteiger partial charge in [-0.15, -0.1) is 0 Å². The summed E-state index contributed by atoms with van der Waals surface area (Å²) < 4.78 is 28.0. The normalized spacial score (nSPS) is 19.2. The van der Waals surface area contributed by atoms with Crippen molar-refractivity contribution in [2.75, 3.05) is 26.2 Å². The molecule has 1 aromatic heterocycles. The summed E-state index contributed by atoms with van der Waals surface area (Å²) in [5.74, 6) is 0. The molecule has 0 bridgehead atoms. The van der Waals surface area contributed by atoms with E-state index >= 15 is 0 Å². The second-order valence-electron chi connectivity index (χ2n) is 4.23. The fraction of sp³-hybridized carbons (Fsp3) is 0.700. The van der Waals surface area contributed by atoms with Crippen molar-refractivity contribution in [1.82, 2.24) is 19.4 Å². The van der Waals surface area contributed by atoms with E-state index in [9.17, 15) is 8.42 Å². The van der Waals surface area contributed by atoms with Crippen molar-refractivity contribution in [1.29, 1.82) is 0 Å². The number of sulfonamides is 1. The lowest BCUT2D eigenvalue weighted by atomic mass is 10.4. The van der Waals surface area contributed by atoms with Crippen LogP contribution in [0.25, 0.3) is 0 Å². The molecule has 1 aromatic rings. The van der Waals surface area contributed by atoms with Crippen molar-refractivity contribution in [3.63, 3.8) is 0 Å². The van der Waals surface area contributed by atoms with Gasteiger partial charge < -0.3 is 5.32 Å². The SMILES string of the molecule is Cc1c(S(=O)(=O)N2CCCNCC2)cnn1C. The van der Waals surface area contributed by atoms with Gasteiger partial charge >= 0.3 is 0 Å². The third kappa shape index (κ3) is 2.36. The first-order valence-electron chi connectivity index (χ1n) is 5.73. The van der Waals surface area contributed by atoms with Gasteiger partial charge in [-0.25, -0.2) is 8.42 Å². The van der Waals surface area contributed by atoms with E-state index < -0.39 is 10.0 Å². The predicted octanol–water partition coefficient (Wildman–Crippen LogP) is -0.287. The van der Waals surface area contributed by atoms with E-state index in [1.54, 1.807) is 18.7 Å². The zero-order valence-corrected chi connectivity index (χ0v) is 11.0. The van der Waals surface area contributed by atoms with Gasteiger partial charge in [-0.05, 0) is 19.9 Å². The van der Waals surface area contributed by atoms with Gasteiger partial charge in [0.05, 0.1) is 11.9 Å². The Hall–Kier alpha value is -0.920. The Morgan fingerprint density at radius 2 is 2.12 bits per heavy atom. The molecule has 0 aliphatic carbocycles. The van der Waals surface area contributed by atoms with E-state index in [0.717, 1.165) is 13.0 Å². The van der Waals surface area contributed by atoms with E-state index in [2.05, 4.69) is 10.4 Å². The van der Waals surface area contributed by atoms with Crippen molar-refractivity contribution in [2.24, 2.45) is 7.05 Å². The first-order valence-corrected chi connectivity index (χ1v) is 7.17. The molecule has 2 heterocycles. The summed E-state index contributed by atoms with van der Waals surface area (Å²) in [5, 5.41) is 7.19. The Kier molecular flexibility index (Phi) is 3.50. The second kappa shape index (κ2) is 4.75. The molecule has 0 atom stereocenters. The van der Waals surface area contributed by atoms with E-state index in [1.807, 2.05) is 0 Å². The van der Waals surface area contributed by atoms with Gasteiger partial charge in [0.2, 0.25) is 10.0 Å². The van der Waals surface area contributed by atoms with Crippen LogP contribution in [0.3, 0.4) is 0 Å². The monoisotopic (exact) mass is 258 g/mol. The molecule has 96 valence electrons. The smallest absolute Gasteiger partial charge is 0.246 e. The number of aromatic nitrogens is 2. The summed E-state index contributed by atoms with van der Waals surface area (Å²) >= 11 is 0. The lowest BCUT2D eigenvalue weighted by Crippen LogP contribution is -2.34. The predicted molar refractivity (Wildman–Crippen MR) is 64.2 cm³/mol. The van der Waals surface area contributed by atoms with Crippen molar-refractivity contribution < 1.29 is 8.42 Å². The molecule has 0 unspecified atom stereocenters. The maximum Gasteiger partial charge on any atom is 0.246 e. The Bertz CT molecular complexity index is 486. The summed E-state index contributed by atoms with van der Waals surface area (Å²) in [7, 11) is -1.64. The molecule has 0 saturated carbocycles. The summed E-state index contributed by atoms with van der Waals surface area (Å²) in [4.78, 5) is 0.321. The molecule has 1 saturated heterocycles. The van der Waals surface area contributed by atoms with Crippen LogP contribution in [0.2, 0.25) is 0 Å². The molecule has 6 nitrogen and oxygen atoms in total. The second-order valence-corrected chi connectivity index (χ2v) is 6.13. The van der Waals surface area contributed by atoms with Crippen LogP contribution in [0.4, 0.5) is 0 Å². The number of nitrogens with zero attached hydrogens (tertiary/aromatic N) is 3. The molecule has 1 aliphatic heterocycles. The van der Waals surface area contributed by atoms with Crippen LogP contribution < -0.4 is 5.32 Å². The standard InChI is InChI=1S/C10H18N4O2S/c1-9-10(8-12-13(9)2)17(15,16)14-6-3-4-11-5-7-14/h8,11H,3-7H2,1-2H3.